The number of fused-ring (bicyclic) bond motifs is 1. The minimum atomic E-state index is -3.96. The van der Waals surface area contributed by atoms with E-state index in [4.69, 9.17) is 4.74 Å². The maximum atomic E-state index is 13.2. The zero-order valence-electron chi connectivity index (χ0n) is 20.0. The fourth-order valence-corrected chi connectivity index (χ4v) is 5.38. The molecule has 1 N–H and O–H groups in total. The molecule has 0 saturated heterocycles. The van der Waals surface area contributed by atoms with Gasteiger partial charge in [-0.05, 0) is 60.4 Å². The molecule has 0 spiro atoms. The number of carboxylic acids is 1. The molecule has 3 aromatic rings. The number of sulfonamides is 1. The van der Waals surface area contributed by atoms with Crippen molar-refractivity contribution in [3.63, 3.8) is 0 Å². The van der Waals surface area contributed by atoms with Crippen molar-refractivity contribution in [1.29, 1.82) is 0 Å². The van der Waals surface area contributed by atoms with Crippen LogP contribution in [0.5, 0.6) is 5.75 Å². The van der Waals surface area contributed by atoms with Crippen molar-refractivity contribution < 1.29 is 33.0 Å². The summed E-state index contributed by atoms with van der Waals surface area (Å²) in [5.41, 5.74) is 1.49. The normalized spacial score (nSPS) is 12.4. The van der Waals surface area contributed by atoms with Crippen LogP contribution in [0.25, 0.3) is 10.8 Å². The van der Waals surface area contributed by atoms with Gasteiger partial charge in [0.05, 0.1) is 17.9 Å². The average molecular weight is 517 g/mol. The Morgan fingerprint density at radius 3 is 2.36 bits per heavy atom. The van der Waals surface area contributed by atoms with Gasteiger partial charge in [-0.1, -0.05) is 42.0 Å². The average Bonchev–Trinajstić information content (AvgIpc) is 2.84. The molecule has 1 atom stereocenters. The molecule has 10 nitrogen and oxygen atoms in total. The number of carbonyl (C=O) groups is 1. The smallest absolute Gasteiger partial charge is 0.310 e. The Hall–Kier alpha value is -3.70. The molecule has 3 aromatic carbocycles. The van der Waals surface area contributed by atoms with Crippen LogP contribution in [0.4, 0.5) is 0 Å². The maximum Gasteiger partial charge on any atom is 0.310 e. The van der Waals surface area contributed by atoms with Crippen molar-refractivity contribution in [3.8, 4) is 5.75 Å². The predicted octanol–water partition coefficient (Wildman–Crippen LogP) is 4.00. The molecule has 0 aliphatic carbocycles. The zero-order chi connectivity index (χ0) is 26.3. The van der Waals surface area contributed by atoms with Gasteiger partial charge in [-0.2, -0.15) is 4.31 Å². The molecule has 0 aliphatic heterocycles. The monoisotopic (exact) mass is 516 g/mol. The summed E-state index contributed by atoms with van der Waals surface area (Å²) in [6.07, 6.45) is 0.397. The Kier molecular flexibility index (Phi) is 8.83. The SMILES string of the molecule is COc1ccc2cc([C@H](CCCN(CCO[N+](=O)[O-])S(=O)(=O)c3ccc(C)cc3)C(=O)O)ccc2c1. The highest BCUT2D eigenvalue weighted by molar-refractivity contribution is 7.89. The van der Waals surface area contributed by atoms with Gasteiger partial charge in [-0.15, -0.1) is 10.1 Å². The van der Waals surface area contributed by atoms with Gasteiger partial charge in [0.1, 0.15) is 12.4 Å². The Morgan fingerprint density at radius 1 is 1.06 bits per heavy atom. The molecular weight excluding hydrogens is 488 g/mol. The van der Waals surface area contributed by atoms with E-state index in [-0.39, 0.29) is 30.8 Å². The zero-order valence-corrected chi connectivity index (χ0v) is 20.8. The molecule has 0 aliphatic rings. The van der Waals surface area contributed by atoms with Gasteiger partial charge < -0.3 is 14.7 Å². The van der Waals surface area contributed by atoms with E-state index in [1.165, 1.54) is 12.1 Å². The fraction of sp³-hybridized carbons (Fsp3) is 0.320. The summed E-state index contributed by atoms with van der Waals surface area (Å²) in [7, 11) is -2.39. The summed E-state index contributed by atoms with van der Waals surface area (Å²) in [5, 5.41) is 21.2. The largest absolute Gasteiger partial charge is 0.497 e. The van der Waals surface area contributed by atoms with E-state index in [9.17, 15) is 28.4 Å². The van der Waals surface area contributed by atoms with Gasteiger partial charge in [0.25, 0.3) is 5.09 Å². The van der Waals surface area contributed by atoms with Crippen molar-refractivity contribution in [2.24, 2.45) is 0 Å². The van der Waals surface area contributed by atoms with Crippen LogP contribution in [-0.2, 0) is 19.7 Å². The van der Waals surface area contributed by atoms with E-state index >= 15 is 0 Å². The Labute approximate surface area is 209 Å². The number of ether oxygens (including phenoxy) is 1. The number of aliphatic carboxylic acids is 1. The van der Waals surface area contributed by atoms with E-state index in [2.05, 4.69) is 4.84 Å². The number of carboxylic acid groups (broad SMARTS) is 1. The Balaban J connectivity index is 1.77. The predicted molar refractivity (Wildman–Crippen MR) is 133 cm³/mol. The highest BCUT2D eigenvalue weighted by Crippen LogP contribution is 2.28. The number of hydrogen-bond donors (Lipinski definition) is 1. The number of nitrogens with zero attached hydrogens (tertiary/aromatic N) is 2. The van der Waals surface area contributed by atoms with Crippen molar-refractivity contribution in [2.45, 2.75) is 30.6 Å². The molecule has 3 rings (SSSR count). The third-order valence-electron chi connectivity index (χ3n) is 5.87. The van der Waals surface area contributed by atoms with E-state index < -0.39 is 33.6 Å². The lowest BCUT2D eigenvalue weighted by Crippen LogP contribution is -2.35. The van der Waals surface area contributed by atoms with Gasteiger partial charge in [-0.3, -0.25) is 4.79 Å². The van der Waals surface area contributed by atoms with Crippen LogP contribution >= 0.6 is 0 Å². The van der Waals surface area contributed by atoms with Gasteiger partial charge in [0.2, 0.25) is 10.0 Å². The molecule has 11 heteroatoms. The number of benzene rings is 3. The summed E-state index contributed by atoms with van der Waals surface area (Å²) < 4.78 is 32.7. The van der Waals surface area contributed by atoms with E-state index in [1.807, 2.05) is 25.1 Å². The number of aryl methyl sites for hydroxylation is 1. The summed E-state index contributed by atoms with van der Waals surface area (Å²) >= 11 is 0. The quantitative estimate of drug-likeness (QED) is 0.266. The lowest BCUT2D eigenvalue weighted by atomic mass is 9.92. The molecule has 0 amide bonds. The van der Waals surface area contributed by atoms with Gasteiger partial charge in [0, 0.05) is 13.1 Å². The first-order chi connectivity index (χ1) is 17.1. The molecule has 36 heavy (non-hydrogen) atoms. The van der Waals surface area contributed by atoms with Crippen molar-refractivity contribution >= 4 is 26.8 Å². The number of rotatable bonds is 13. The number of hydrogen-bond acceptors (Lipinski definition) is 7. The molecule has 0 bridgehead atoms. The van der Waals surface area contributed by atoms with Crippen LogP contribution in [0, 0.1) is 17.0 Å². The third-order valence-corrected chi connectivity index (χ3v) is 7.78. The summed E-state index contributed by atoms with van der Waals surface area (Å²) in [6.45, 7) is 1.13. The van der Waals surface area contributed by atoms with E-state index in [1.54, 1.807) is 37.4 Å². The molecule has 0 unspecified atom stereocenters. The van der Waals surface area contributed by atoms with Crippen molar-refractivity contribution in [3.05, 3.63) is 81.9 Å². The molecule has 0 fully saturated rings. The van der Waals surface area contributed by atoms with Gasteiger partial charge >= 0.3 is 5.97 Å². The van der Waals surface area contributed by atoms with Crippen molar-refractivity contribution in [2.75, 3.05) is 26.8 Å². The van der Waals surface area contributed by atoms with Crippen LogP contribution in [0.2, 0.25) is 0 Å². The van der Waals surface area contributed by atoms with Gasteiger partial charge in [0.15, 0.2) is 0 Å². The molecule has 0 aromatic heterocycles. The second-order valence-corrected chi connectivity index (χ2v) is 10.2. The first-order valence-corrected chi connectivity index (χ1v) is 12.7. The lowest BCUT2D eigenvalue weighted by molar-refractivity contribution is -0.757. The summed E-state index contributed by atoms with van der Waals surface area (Å²) in [6, 6.07) is 17.1. The van der Waals surface area contributed by atoms with Crippen LogP contribution < -0.4 is 4.74 Å². The Bertz CT molecular complexity index is 1330. The van der Waals surface area contributed by atoms with Gasteiger partial charge in [-0.25, -0.2) is 8.42 Å². The molecule has 0 saturated carbocycles. The minimum Gasteiger partial charge on any atom is -0.497 e. The van der Waals surface area contributed by atoms with E-state index in [0.717, 1.165) is 20.6 Å². The third kappa shape index (κ3) is 6.70. The summed E-state index contributed by atoms with van der Waals surface area (Å²) in [4.78, 5) is 27.0. The molecule has 0 heterocycles. The Morgan fingerprint density at radius 2 is 1.72 bits per heavy atom. The highest BCUT2D eigenvalue weighted by Gasteiger charge is 2.26. The second-order valence-electron chi connectivity index (χ2n) is 8.28. The van der Waals surface area contributed by atoms with Crippen LogP contribution in [-0.4, -0.2) is 55.7 Å². The van der Waals surface area contributed by atoms with Crippen molar-refractivity contribution in [1.82, 2.24) is 4.31 Å². The number of methoxy groups -OCH3 is 1. The van der Waals surface area contributed by atoms with Crippen LogP contribution in [0.15, 0.2) is 65.6 Å². The standard InChI is InChI=1S/C25H28N2O8S/c1-18-5-11-23(12-6-18)36(32,33)26(14-15-35-27(30)31)13-3-4-24(25(28)29)21-8-7-20-17-22(34-2)10-9-19(20)16-21/h5-12,16-17,24H,3-4,13-15H2,1-2H3,(H,28,29)/t24-/m0/s1. The topological polar surface area (TPSA) is 136 Å². The lowest BCUT2D eigenvalue weighted by Gasteiger charge is -2.23. The van der Waals surface area contributed by atoms with E-state index in [0.29, 0.717) is 11.3 Å². The molecule has 192 valence electrons. The summed E-state index contributed by atoms with van der Waals surface area (Å²) in [5.74, 6) is -1.18. The highest BCUT2D eigenvalue weighted by atomic mass is 32.2. The molecular formula is C25H28N2O8S. The van der Waals surface area contributed by atoms with Crippen LogP contribution in [0.1, 0.15) is 29.9 Å². The first-order valence-electron chi connectivity index (χ1n) is 11.3. The fourth-order valence-electron chi connectivity index (χ4n) is 3.92. The molecule has 0 radical (unpaired) electrons. The minimum absolute atomic E-state index is 0.0220. The maximum absolute atomic E-state index is 13.2. The second kappa shape index (κ2) is 11.8. The van der Waals surface area contributed by atoms with Crippen LogP contribution in [0.3, 0.4) is 0 Å². The first kappa shape index (κ1) is 26.9.